The van der Waals surface area contributed by atoms with E-state index in [9.17, 15) is 0 Å². The molecule has 1 heterocycles. The standard InChI is InChI=1S/C12H21N3O2/c1-2-12-14-11(15-17-12)8-16-7-10-5-3-4-9(10)6-13/h9-10H,2-8,13H2,1H3. The SMILES string of the molecule is CCc1nc(COCC2CCCC2CN)no1. The lowest BCUT2D eigenvalue weighted by Gasteiger charge is -2.16. The maximum Gasteiger partial charge on any atom is 0.226 e. The van der Waals surface area contributed by atoms with Gasteiger partial charge in [0.05, 0.1) is 6.61 Å². The van der Waals surface area contributed by atoms with Gasteiger partial charge in [-0.3, -0.25) is 0 Å². The van der Waals surface area contributed by atoms with Gasteiger partial charge in [0.2, 0.25) is 5.89 Å². The third-order valence-corrected chi connectivity index (χ3v) is 3.49. The van der Waals surface area contributed by atoms with Crippen LogP contribution in [0.2, 0.25) is 0 Å². The summed E-state index contributed by atoms with van der Waals surface area (Å²) in [7, 11) is 0. The minimum atomic E-state index is 0.442. The summed E-state index contributed by atoms with van der Waals surface area (Å²) in [5, 5.41) is 3.85. The van der Waals surface area contributed by atoms with Crippen molar-refractivity contribution in [1.29, 1.82) is 0 Å². The molecular formula is C12H21N3O2. The summed E-state index contributed by atoms with van der Waals surface area (Å²) in [5.41, 5.74) is 5.73. The van der Waals surface area contributed by atoms with Gasteiger partial charge < -0.3 is 15.0 Å². The minimum Gasteiger partial charge on any atom is -0.373 e. The largest absolute Gasteiger partial charge is 0.373 e. The van der Waals surface area contributed by atoms with Crippen LogP contribution < -0.4 is 5.73 Å². The van der Waals surface area contributed by atoms with E-state index in [0.29, 0.717) is 30.2 Å². The molecule has 1 saturated carbocycles. The van der Waals surface area contributed by atoms with Crippen LogP contribution in [0.25, 0.3) is 0 Å². The molecule has 1 fully saturated rings. The molecule has 1 aromatic rings. The molecule has 1 aliphatic rings. The Balaban J connectivity index is 1.72. The summed E-state index contributed by atoms with van der Waals surface area (Å²) in [6.45, 7) is 3.97. The fourth-order valence-electron chi connectivity index (χ4n) is 2.44. The maximum absolute atomic E-state index is 5.73. The van der Waals surface area contributed by atoms with Crippen LogP contribution in [0.4, 0.5) is 0 Å². The molecule has 2 unspecified atom stereocenters. The molecule has 1 aliphatic carbocycles. The fourth-order valence-corrected chi connectivity index (χ4v) is 2.44. The third kappa shape index (κ3) is 3.26. The van der Waals surface area contributed by atoms with E-state index in [1.165, 1.54) is 19.3 Å². The number of aromatic nitrogens is 2. The molecule has 0 radical (unpaired) electrons. The summed E-state index contributed by atoms with van der Waals surface area (Å²) < 4.78 is 10.7. The van der Waals surface area contributed by atoms with Gasteiger partial charge in [-0.15, -0.1) is 0 Å². The number of nitrogens with two attached hydrogens (primary N) is 1. The van der Waals surface area contributed by atoms with Crippen LogP contribution in [-0.4, -0.2) is 23.3 Å². The quantitative estimate of drug-likeness (QED) is 0.814. The van der Waals surface area contributed by atoms with Crippen LogP contribution in [0.5, 0.6) is 0 Å². The summed E-state index contributed by atoms with van der Waals surface area (Å²) in [5.74, 6) is 2.55. The molecule has 0 spiro atoms. The van der Waals surface area contributed by atoms with Crippen LogP contribution >= 0.6 is 0 Å². The van der Waals surface area contributed by atoms with Gasteiger partial charge in [-0.1, -0.05) is 18.5 Å². The highest BCUT2D eigenvalue weighted by Crippen LogP contribution is 2.31. The molecule has 0 saturated heterocycles. The van der Waals surface area contributed by atoms with Crippen molar-refractivity contribution in [3.8, 4) is 0 Å². The highest BCUT2D eigenvalue weighted by molar-refractivity contribution is 4.84. The van der Waals surface area contributed by atoms with E-state index in [4.69, 9.17) is 15.0 Å². The highest BCUT2D eigenvalue weighted by atomic mass is 16.5. The van der Waals surface area contributed by atoms with Gasteiger partial charge in [0, 0.05) is 6.42 Å². The molecule has 0 aliphatic heterocycles. The predicted octanol–water partition coefficient (Wildman–Crippen LogP) is 1.52. The Hall–Kier alpha value is -0.940. The monoisotopic (exact) mass is 239 g/mol. The van der Waals surface area contributed by atoms with Crippen molar-refractivity contribution in [1.82, 2.24) is 10.1 Å². The zero-order valence-electron chi connectivity index (χ0n) is 10.4. The van der Waals surface area contributed by atoms with Gasteiger partial charge in [-0.25, -0.2) is 0 Å². The molecule has 1 aromatic heterocycles. The molecule has 2 atom stereocenters. The Bertz CT molecular complexity index is 340. The molecule has 0 bridgehead atoms. The summed E-state index contributed by atoms with van der Waals surface area (Å²) in [6, 6.07) is 0. The zero-order valence-corrected chi connectivity index (χ0v) is 10.4. The van der Waals surface area contributed by atoms with Crippen molar-refractivity contribution < 1.29 is 9.26 Å². The van der Waals surface area contributed by atoms with Gasteiger partial charge in [0.15, 0.2) is 5.82 Å². The van der Waals surface area contributed by atoms with Crippen LogP contribution in [0.1, 0.15) is 37.9 Å². The van der Waals surface area contributed by atoms with Crippen LogP contribution in [0.15, 0.2) is 4.52 Å². The number of ether oxygens (including phenoxy) is 1. The van der Waals surface area contributed by atoms with Crippen LogP contribution in [-0.2, 0) is 17.8 Å². The Labute approximate surface area is 102 Å². The lowest BCUT2D eigenvalue weighted by atomic mass is 9.97. The Morgan fingerprint density at radius 1 is 1.41 bits per heavy atom. The van der Waals surface area contributed by atoms with E-state index in [1.54, 1.807) is 0 Å². The topological polar surface area (TPSA) is 74.2 Å². The average molecular weight is 239 g/mol. The Morgan fingerprint density at radius 3 is 2.94 bits per heavy atom. The maximum atomic E-state index is 5.73. The molecule has 5 heteroatoms. The first kappa shape index (κ1) is 12.5. The first-order valence-corrected chi connectivity index (χ1v) is 6.42. The lowest BCUT2D eigenvalue weighted by Crippen LogP contribution is -2.22. The van der Waals surface area contributed by atoms with Gasteiger partial charge in [0.1, 0.15) is 6.61 Å². The fraction of sp³-hybridized carbons (Fsp3) is 0.833. The van der Waals surface area contributed by atoms with Crippen molar-refractivity contribution in [3.63, 3.8) is 0 Å². The smallest absolute Gasteiger partial charge is 0.226 e. The first-order valence-electron chi connectivity index (χ1n) is 6.42. The summed E-state index contributed by atoms with van der Waals surface area (Å²) >= 11 is 0. The van der Waals surface area contributed by atoms with Gasteiger partial charge in [-0.2, -0.15) is 4.98 Å². The molecular weight excluding hydrogens is 218 g/mol. The van der Waals surface area contributed by atoms with Crippen molar-refractivity contribution in [2.45, 2.75) is 39.2 Å². The number of aryl methyl sites for hydroxylation is 1. The van der Waals surface area contributed by atoms with Gasteiger partial charge >= 0.3 is 0 Å². The Morgan fingerprint density at radius 2 is 2.24 bits per heavy atom. The third-order valence-electron chi connectivity index (χ3n) is 3.49. The van der Waals surface area contributed by atoms with E-state index in [0.717, 1.165) is 19.6 Å². The second-order valence-corrected chi connectivity index (χ2v) is 4.66. The normalized spacial score (nSPS) is 24.4. The molecule has 5 nitrogen and oxygen atoms in total. The number of rotatable bonds is 6. The number of hydrogen-bond acceptors (Lipinski definition) is 5. The second kappa shape index (κ2) is 6.12. The molecule has 2 N–H and O–H groups in total. The number of nitrogens with zero attached hydrogens (tertiary/aromatic N) is 2. The van der Waals surface area contributed by atoms with Crippen LogP contribution in [0.3, 0.4) is 0 Å². The van der Waals surface area contributed by atoms with Crippen molar-refractivity contribution >= 4 is 0 Å². The molecule has 0 amide bonds. The van der Waals surface area contributed by atoms with Crippen molar-refractivity contribution in [2.24, 2.45) is 17.6 Å². The molecule has 0 aromatic carbocycles. The van der Waals surface area contributed by atoms with E-state index in [-0.39, 0.29) is 0 Å². The second-order valence-electron chi connectivity index (χ2n) is 4.66. The lowest BCUT2D eigenvalue weighted by molar-refractivity contribution is 0.0701. The molecule has 2 rings (SSSR count). The van der Waals surface area contributed by atoms with E-state index in [1.807, 2.05) is 6.92 Å². The first-order chi connectivity index (χ1) is 8.33. The molecule has 96 valence electrons. The van der Waals surface area contributed by atoms with Gasteiger partial charge in [-0.05, 0) is 31.2 Å². The van der Waals surface area contributed by atoms with E-state index >= 15 is 0 Å². The highest BCUT2D eigenvalue weighted by Gasteiger charge is 2.26. The minimum absolute atomic E-state index is 0.442. The van der Waals surface area contributed by atoms with E-state index < -0.39 is 0 Å². The van der Waals surface area contributed by atoms with E-state index in [2.05, 4.69) is 10.1 Å². The zero-order chi connectivity index (χ0) is 12.1. The number of hydrogen-bond donors (Lipinski definition) is 1. The van der Waals surface area contributed by atoms with Crippen molar-refractivity contribution in [2.75, 3.05) is 13.2 Å². The van der Waals surface area contributed by atoms with Crippen LogP contribution in [0, 0.1) is 11.8 Å². The summed E-state index contributed by atoms with van der Waals surface area (Å²) in [6.07, 6.45) is 4.52. The summed E-state index contributed by atoms with van der Waals surface area (Å²) in [4.78, 5) is 4.20. The Kier molecular flexibility index (Phi) is 4.50. The predicted molar refractivity (Wildman–Crippen MR) is 63.2 cm³/mol. The van der Waals surface area contributed by atoms with Gasteiger partial charge in [0.25, 0.3) is 0 Å². The molecule has 17 heavy (non-hydrogen) atoms. The van der Waals surface area contributed by atoms with Crippen molar-refractivity contribution in [3.05, 3.63) is 11.7 Å². The average Bonchev–Trinajstić information content (AvgIpc) is 2.97.